The van der Waals surface area contributed by atoms with Gasteiger partial charge in [-0.25, -0.2) is 0 Å². The Balaban J connectivity index is 1.99. The maximum absolute atomic E-state index is 4.30. The molecule has 0 heterocycles. The summed E-state index contributed by atoms with van der Waals surface area (Å²) in [6, 6.07) is 8.98. The Kier molecular flexibility index (Phi) is 7.56. The number of rotatable bonds is 7. The molecule has 0 bridgehead atoms. The normalized spacial score (nSPS) is 18.3. The van der Waals surface area contributed by atoms with Crippen LogP contribution in [0.2, 0.25) is 0 Å². The minimum absolute atomic E-state index is 0.952. The summed E-state index contributed by atoms with van der Waals surface area (Å²) in [6.45, 7) is 6.52. The van der Waals surface area contributed by atoms with Crippen molar-refractivity contribution < 1.29 is 0 Å². The van der Waals surface area contributed by atoms with Crippen molar-refractivity contribution in [2.75, 3.05) is 0 Å². The maximum Gasteiger partial charge on any atom is -0.00315 e. The van der Waals surface area contributed by atoms with E-state index in [0.29, 0.717) is 0 Å². The fourth-order valence-corrected chi connectivity index (χ4v) is 3.36. The highest BCUT2D eigenvalue weighted by molar-refractivity contribution is 7.18. The van der Waals surface area contributed by atoms with Crippen LogP contribution in [0.1, 0.15) is 56.6 Å². The van der Waals surface area contributed by atoms with Crippen LogP contribution >= 0.6 is 8.86 Å². The van der Waals surface area contributed by atoms with Gasteiger partial charge in [-0.3, -0.25) is 0 Å². The molecular formula is C22H29P. The molecule has 1 fully saturated rings. The van der Waals surface area contributed by atoms with Crippen LogP contribution in [0, 0.1) is 0 Å². The first kappa shape index (κ1) is 18.0. The van der Waals surface area contributed by atoms with Gasteiger partial charge in [-0.05, 0) is 73.6 Å². The van der Waals surface area contributed by atoms with Crippen molar-refractivity contribution >= 4 is 14.7 Å². The fraction of sp³-hybridized carbons (Fsp3) is 0.409. The van der Waals surface area contributed by atoms with Crippen LogP contribution in [0.25, 0.3) is 0 Å². The first-order valence-electron chi connectivity index (χ1n) is 8.87. The van der Waals surface area contributed by atoms with Gasteiger partial charge in [-0.2, -0.15) is 0 Å². The Labute approximate surface area is 144 Å². The molecule has 0 aromatic heterocycles. The van der Waals surface area contributed by atoms with Crippen LogP contribution < -0.4 is 0 Å². The first-order valence-corrected chi connectivity index (χ1v) is 9.45. The maximum atomic E-state index is 4.30. The quantitative estimate of drug-likeness (QED) is 0.502. The van der Waals surface area contributed by atoms with Gasteiger partial charge in [-0.1, -0.05) is 61.3 Å². The van der Waals surface area contributed by atoms with Crippen LogP contribution in [0.5, 0.6) is 0 Å². The van der Waals surface area contributed by atoms with E-state index in [1.54, 1.807) is 5.57 Å². The number of benzene rings is 1. The van der Waals surface area contributed by atoms with E-state index in [2.05, 4.69) is 58.8 Å². The molecule has 0 unspecified atom stereocenters. The van der Waals surface area contributed by atoms with E-state index < -0.39 is 0 Å². The average molecular weight is 324 g/mol. The van der Waals surface area contributed by atoms with Gasteiger partial charge in [0.25, 0.3) is 0 Å². The number of hydrogen-bond donors (Lipinski definition) is 0. The Bertz CT molecular complexity index is 587. The van der Waals surface area contributed by atoms with Gasteiger partial charge in [0, 0.05) is 0 Å². The van der Waals surface area contributed by atoms with Crippen molar-refractivity contribution in [2.24, 2.45) is 0 Å². The van der Waals surface area contributed by atoms with E-state index in [-0.39, 0.29) is 0 Å². The SMILES string of the molecule is C=C(/C=C1/CCCC/C1=C/CC)Cc1ccc(CCC=P)cc1. The summed E-state index contributed by atoms with van der Waals surface area (Å²) in [5, 5.41) is 0. The van der Waals surface area contributed by atoms with Gasteiger partial charge in [0.1, 0.15) is 0 Å². The molecule has 2 rings (SSSR count). The third-order valence-corrected chi connectivity index (χ3v) is 4.70. The summed E-state index contributed by atoms with van der Waals surface area (Å²) < 4.78 is 0. The molecule has 0 atom stereocenters. The second kappa shape index (κ2) is 9.68. The smallest absolute Gasteiger partial charge is 0.00315 e. The van der Waals surface area contributed by atoms with Crippen LogP contribution in [0.4, 0.5) is 0 Å². The Hall–Kier alpha value is -1.39. The minimum atomic E-state index is 0.952. The summed E-state index contributed by atoms with van der Waals surface area (Å²) in [5.74, 6) is 2.04. The monoisotopic (exact) mass is 324 g/mol. The van der Waals surface area contributed by atoms with Crippen LogP contribution in [-0.2, 0) is 12.8 Å². The summed E-state index contributed by atoms with van der Waals surface area (Å²) in [6.07, 6.45) is 14.1. The average Bonchev–Trinajstić information content (AvgIpc) is 2.56. The lowest BCUT2D eigenvalue weighted by Crippen LogP contribution is -2.00. The molecule has 0 radical (unpaired) electrons. The highest BCUT2D eigenvalue weighted by atomic mass is 31.0. The lowest BCUT2D eigenvalue weighted by Gasteiger charge is -2.19. The van der Waals surface area contributed by atoms with Crippen LogP contribution in [0.3, 0.4) is 0 Å². The van der Waals surface area contributed by atoms with Gasteiger partial charge in [-0.15, -0.1) is 8.86 Å². The fourth-order valence-electron chi connectivity index (χ4n) is 3.22. The molecule has 1 aliphatic rings. The predicted molar refractivity (Wildman–Crippen MR) is 107 cm³/mol. The topological polar surface area (TPSA) is 0 Å². The standard InChI is InChI=1S/C22H29P/c1-3-7-21-9-4-5-10-22(21)17-18(2)16-20-13-11-19(12-14-20)8-6-15-23/h7,11-15,17,23H,2-6,8-10,16H2,1H3/b21-7-,22-17-. The van der Waals surface area contributed by atoms with Gasteiger partial charge >= 0.3 is 0 Å². The van der Waals surface area contributed by atoms with Crippen molar-refractivity contribution in [3.8, 4) is 0 Å². The van der Waals surface area contributed by atoms with Gasteiger partial charge < -0.3 is 0 Å². The zero-order valence-electron chi connectivity index (χ0n) is 14.4. The predicted octanol–water partition coefficient (Wildman–Crippen LogP) is 6.50. The molecule has 1 aromatic rings. The van der Waals surface area contributed by atoms with Crippen molar-refractivity contribution in [3.05, 3.63) is 70.8 Å². The van der Waals surface area contributed by atoms with Crippen molar-refractivity contribution in [2.45, 2.75) is 58.3 Å². The van der Waals surface area contributed by atoms with E-state index in [4.69, 9.17) is 0 Å². The molecule has 1 saturated carbocycles. The highest BCUT2D eigenvalue weighted by Gasteiger charge is 2.11. The third kappa shape index (κ3) is 5.96. The summed E-state index contributed by atoms with van der Waals surface area (Å²) >= 11 is 0. The molecule has 23 heavy (non-hydrogen) atoms. The van der Waals surface area contributed by atoms with Crippen molar-refractivity contribution in [3.63, 3.8) is 0 Å². The van der Waals surface area contributed by atoms with Crippen molar-refractivity contribution in [1.29, 1.82) is 0 Å². The van der Waals surface area contributed by atoms with Gasteiger partial charge in [0.2, 0.25) is 0 Å². The van der Waals surface area contributed by atoms with Crippen LogP contribution in [-0.4, -0.2) is 5.80 Å². The van der Waals surface area contributed by atoms with E-state index in [1.807, 2.05) is 5.80 Å². The van der Waals surface area contributed by atoms with E-state index in [1.165, 1.54) is 48.0 Å². The second-order valence-corrected chi connectivity index (χ2v) is 6.82. The zero-order chi connectivity index (χ0) is 16.5. The lowest BCUT2D eigenvalue weighted by molar-refractivity contribution is 0.676. The molecule has 0 N–H and O–H groups in total. The number of hydrogen-bond acceptors (Lipinski definition) is 0. The Morgan fingerprint density at radius 1 is 1.09 bits per heavy atom. The summed E-state index contributed by atoms with van der Waals surface area (Å²) in [5.41, 5.74) is 7.06. The molecule has 122 valence electrons. The van der Waals surface area contributed by atoms with E-state index in [0.717, 1.165) is 25.7 Å². The van der Waals surface area contributed by atoms with Gasteiger partial charge in [0.05, 0.1) is 0 Å². The Morgan fingerprint density at radius 2 is 1.74 bits per heavy atom. The van der Waals surface area contributed by atoms with Crippen molar-refractivity contribution in [1.82, 2.24) is 0 Å². The van der Waals surface area contributed by atoms with Gasteiger partial charge in [0.15, 0.2) is 0 Å². The molecule has 1 heteroatoms. The summed E-state index contributed by atoms with van der Waals surface area (Å²) in [4.78, 5) is 0. The van der Waals surface area contributed by atoms with E-state index in [9.17, 15) is 0 Å². The second-order valence-electron chi connectivity index (χ2n) is 6.41. The molecule has 1 aromatic carbocycles. The molecule has 1 aliphatic carbocycles. The first-order chi connectivity index (χ1) is 11.2. The molecule has 0 nitrogen and oxygen atoms in total. The minimum Gasteiger partial charge on any atom is -0.127 e. The molecule has 0 aliphatic heterocycles. The Morgan fingerprint density at radius 3 is 2.39 bits per heavy atom. The highest BCUT2D eigenvalue weighted by Crippen LogP contribution is 2.30. The van der Waals surface area contributed by atoms with Crippen LogP contribution in [0.15, 0.2) is 59.7 Å². The number of allylic oxidation sites excluding steroid dienone is 5. The molecule has 0 amide bonds. The molecular weight excluding hydrogens is 295 g/mol. The largest absolute Gasteiger partial charge is 0.127 e. The summed E-state index contributed by atoms with van der Waals surface area (Å²) in [7, 11) is 3.42. The molecule has 0 saturated heterocycles. The van der Waals surface area contributed by atoms with E-state index >= 15 is 0 Å². The lowest BCUT2D eigenvalue weighted by atomic mass is 9.87. The number of aryl methyl sites for hydroxylation is 1. The zero-order valence-corrected chi connectivity index (χ0v) is 15.4. The third-order valence-electron chi connectivity index (χ3n) is 4.42. The molecule has 0 spiro atoms.